The van der Waals surface area contributed by atoms with E-state index < -0.39 is 9.84 Å². The molecule has 0 N–H and O–H groups in total. The van der Waals surface area contributed by atoms with Gasteiger partial charge in [0, 0.05) is 23.2 Å². The van der Waals surface area contributed by atoms with E-state index in [1.807, 2.05) is 0 Å². The summed E-state index contributed by atoms with van der Waals surface area (Å²) in [4.78, 5) is 3.77. The van der Waals surface area contributed by atoms with Gasteiger partial charge in [-0.15, -0.1) is 0 Å². The van der Waals surface area contributed by atoms with Crippen LogP contribution in [0.25, 0.3) is 0 Å². The van der Waals surface area contributed by atoms with E-state index in [1.54, 1.807) is 24.5 Å². The minimum absolute atomic E-state index is 0.649. The third kappa shape index (κ3) is 3.17. The zero-order chi connectivity index (χ0) is 9.03. The van der Waals surface area contributed by atoms with Gasteiger partial charge in [0.25, 0.3) is 0 Å². The van der Waals surface area contributed by atoms with Crippen molar-refractivity contribution in [3.8, 4) is 11.2 Å². The van der Waals surface area contributed by atoms with Gasteiger partial charge in [0.15, 0.2) is 0 Å². The maximum Gasteiger partial charge on any atom is 0.214 e. The Kier molecular flexibility index (Phi) is 2.46. The minimum Gasteiger partial charge on any atom is -0.265 e. The van der Waals surface area contributed by atoms with E-state index >= 15 is 0 Å². The first-order valence-corrected chi connectivity index (χ1v) is 5.10. The van der Waals surface area contributed by atoms with Crippen molar-refractivity contribution in [3.63, 3.8) is 0 Å². The van der Waals surface area contributed by atoms with Crippen LogP contribution in [0, 0.1) is 11.2 Å². The van der Waals surface area contributed by atoms with Crippen molar-refractivity contribution in [2.45, 2.75) is 0 Å². The lowest BCUT2D eigenvalue weighted by Gasteiger charge is -1.84. The molecule has 0 amide bonds. The minimum atomic E-state index is -3.20. The maximum atomic E-state index is 10.6. The van der Waals surface area contributed by atoms with Crippen molar-refractivity contribution in [3.05, 3.63) is 30.1 Å². The summed E-state index contributed by atoms with van der Waals surface area (Å²) in [6, 6.07) is 3.30. The fourth-order valence-electron chi connectivity index (χ4n) is 0.587. The summed E-state index contributed by atoms with van der Waals surface area (Å²) in [5.74, 6) is 2.51. The van der Waals surface area contributed by atoms with Crippen LogP contribution in [-0.4, -0.2) is 19.7 Å². The van der Waals surface area contributed by atoms with Crippen molar-refractivity contribution < 1.29 is 8.42 Å². The van der Waals surface area contributed by atoms with Gasteiger partial charge in [0.2, 0.25) is 9.84 Å². The molecule has 0 aliphatic heterocycles. The average Bonchev–Trinajstić information content (AvgIpc) is 2.02. The molecule has 0 radical (unpaired) electrons. The van der Waals surface area contributed by atoms with Crippen molar-refractivity contribution in [2.24, 2.45) is 0 Å². The van der Waals surface area contributed by atoms with Gasteiger partial charge in [-0.1, -0.05) is 0 Å². The van der Waals surface area contributed by atoms with Gasteiger partial charge >= 0.3 is 0 Å². The molecule has 0 unspecified atom stereocenters. The molecule has 12 heavy (non-hydrogen) atoms. The molecule has 0 bridgehead atoms. The van der Waals surface area contributed by atoms with E-state index in [-0.39, 0.29) is 0 Å². The summed E-state index contributed by atoms with van der Waals surface area (Å²) in [5, 5.41) is 2.13. The second kappa shape index (κ2) is 3.37. The molecule has 4 heteroatoms. The Labute approximate surface area is 71.4 Å². The fraction of sp³-hybridized carbons (Fsp3) is 0.125. The highest BCUT2D eigenvalue weighted by atomic mass is 32.2. The van der Waals surface area contributed by atoms with Crippen LogP contribution in [0.3, 0.4) is 0 Å². The molecular formula is C8H7NO2S. The summed E-state index contributed by atoms with van der Waals surface area (Å²) in [6.07, 6.45) is 4.19. The van der Waals surface area contributed by atoms with E-state index in [9.17, 15) is 8.42 Å². The largest absolute Gasteiger partial charge is 0.265 e. The third-order valence-corrected chi connectivity index (χ3v) is 1.53. The van der Waals surface area contributed by atoms with E-state index in [4.69, 9.17) is 0 Å². The smallest absolute Gasteiger partial charge is 0.214 e. The summed E-state index contributed by atoms with van der Waals surface area (Å²) in [5.41, 5.74) is 0.649. The molecule has 0 saturated carbocycles. The normalized spacial score (nSPS) is 10.1. The molecule has 1 rings (SSSR count). The molecule has 0 aromatic carbocycles. The molecule has 0 aliphatic carbocycles. The molecule has 62 valence electrons. The van der Waals surface area contributed by atoms with Crippen LogP contribution in [0.4, 0.5) is 0 Å². The second-order valence-electron chi connectivity index (χ2n) is 2.24. The number of nitrogens with zero attached hydrogens (tertiary/aromatic N) is 1. The molecule has 0 spiro atoms. The van der Waals surface area contributed by atoms with Crippen LogP contribution >= 0.6 is 0 Å². The van der Waals surface area contributed by atoms with Gasteiger partial charge in [-0.25, -0.2) is 8.42 Å². The number of pyridine rings is 1. The molecule has 1 heterocycles. The first-order chi connectivity index (χ1) is 5.58. The molecule has 0 aliphatic rings. The number of hydrogen-bond donors (Lipinski definition) is 0. The lowest BCUT2D eigenvalue weighted by atomic mass is 10.3. The molecule has 0 saturated heterocycles. The third-order valence-electron chi connectivity index (χ3n) is 1.06. The standard InChI is InChI=1S/C8H7NO2S/c1-12(10,11)7-4-8-2-5-9-6-3-8/h2-3,5-6H,1H3. The molecule has 0 atom stereocenters. The lowest BCUT2D eigenvalue weighted by molar-refractivity contribution is 0.611. The Morgan fingerprint density at radius 2 is 1.92 bits per heavy atom. The van der Waals surface area contributed by atoms with Crippen LogP contribution < -0.4 is 0 Å². The second-order valence-corrected chi connectivity index (χ2v) is 3.98. The highest BCUT2D eigenvalue weighted by Crippen LogP contribution is 1.92. The Morgan fingerprint density at radius 1 is 1.33 bits per heavy atom. The van der Waals surface area contributed by atoms with E-state index in [2.05, 4.69) is 16.2 Å². The Morgan fingerprint density at radius 3 is 2.42 bits per heavy atom. The number of rotatable bonds is 0. The van der Waals surface area contributed by atoms with Gasteiger partial charge in [0.1, 0.15) is 0 Å². The van der Waals surface area contributed by atoms with Crippen molar-refractivity contribution >= 4 is 9.84 Å². The Bertz CT molecular complexity index is 411. The van der Waals surface area contributed by atoms with E-state index in [1.165, 1.54) is 0 Å². The summed E-state index contributed by atoms with van der Waals surface area (Å²) < 4.78 is 21.2. The van der Waals surface area contributed by atoms with Gasteiger partial charge in [0.05, 0.1) is 6.26 Å². The number of aromatic nitrogens is 1. The summed E-state index contributed by atoms with van der Waals surface area (Å²) >= 11 is 0. The van der Waals surface area contributed by atoms with Gasteiger partial charge < -0.3 is 0 Å². The van der Waals surface area contributed by atoms with Gasteiger partial charge in [-0.2, -0.15) is 0 Å². The zero-order valence-corrected chi connectivity index (χ0v) is 7.30. The topological polar surface area (TPSA) is 47.0 Å². The van der Waals surface area contributed by atoms with Crippen LogP contribution in [0.5, 0.6) is 0 Å². The highest BCUT2D eigenvalue weighted by Gasteiger charge is 1.91. The molecular weight excluding hydrogens is 174 g/mol. The lowest BCUT2D eigenvalue weighted by Crippen LogP contribution is -1.88. The monoisotopic (exact) mass is 181 g/mol. The van der Waals surface area contributed by atoms with Crippen LogP contribution in [0.2, 0.25) is 0 Å². The van der Waals surface area contributed by atoms with E-state index in [0.717, 1.165) is 6.26 Å². The van der Waals surface area contributed by atoms with Gasteiger partial charge in [-0.3, -0.25) is 4.98 Å². The number of sulfone groups is 1. The van der Waals surface area contributed by atoms with Crippen molar-refractivity contribution in [1.82, 2.24) is 4.98 Å². The van der Waals surface area contributed by atoms with Crippen LogP contribution in [0.15, 0.2) is 24.5 Å². The molecule has 3 nitrogen and oxygen atoms in total. The number of hydrogen-bond acceptors (Lipinski definition) is 3. The summed E-state index contributed by atoms with van der Waals surface area (Å²) in [7, 11) is -3.20. The van der Waals surface area contributed by atoms with Crippen molar-refractivity contribution in [1.29, 1.82) is 0 Å². The predicted molar refractivity (Wildman–Crippen MR) is 46.0 cm³/mol. The molecule has 0 fully saturated rings. The van der Waals surface area contributed by atoms with E-state index in [0.29, 0.717) is 5.56 Å². The average molecular weight is 181 g/mol. The maximum absolute atomic E-state index is 10.6. The first kappa shape index (κ1) is 8.75. The Hall–Kier alpha value is -1.34. The van der Waals surface area contributed by atoms with Crippen LogP contribution in [0.1, 0.15) is 5.56 Å². The predicted octanol–water partition coefficient (Wildman–Crippen LogP) is 0.435. The highest BCUT2D eigenvalue weighted by molar-refractivity contribution is 7.95. The Balaban J connectivity index is 2.96. The fourth-order valence-corrected chi connectivity index (χ4v) is 0.890. The quantitative estimate of drug-likeness (QED) is 0.545. The molecule has 1 aromatic heterocycles. The van der Waals surface area contributed by atoms with Gasteiger partial charge in [-0.05, 0) is 18.1 Å². The zero-order valence-electron chi connectivity index (χ0n) is 6.48. The van der Waals surface area contributed by atoms with Crippen LogP contribution in [-0.2, 0) is 9.84 Å². The van der Waals surface area contributed by atoms with Crippen molar-refractivity contribution in [2.75, 3.05) is 6.26 Å². The first-order valence-electron chi connectivity index (χ1n) is 3.21. The SMILES string of the molecule is CS(=O)(=O)C#Cc1ccncc1. The summed E-state index contributed by atoms with van der Waals surface area (Å²) in [6.45, 7) is 0. The molecule has 1 aromatic rings.